The van der Waals surface area contributed by atoms with Gasteiger partial charge >= 0.3 is 10.2 Å². The molecule has 0 N–H and O–H groups in total. The molecule has 9 heavy (non-hydrogen) atoms. The largest absolute Gasteiger partial charge is 0.305 e. The van der Waals surface area contributed by atoms with Crippen LogP contribution in [0.2, 0.25) is 0 Å². The normalized spacial score (nSPS) is 12.4. The molecule has 0 amide bonds. The van der Waals surface area contributed by atoms with E-state index in [0.29, 0.717) is 12.8 Å². The van der Waals surface area contributed by atoms with Crippen molar-refractivity contribution in [1.29, 1.82) is 0 Å². The SMILES string of the molecule is CCC(CC)S(=O)(=O)F. The lowest BCUT2D eigenvalue weighted by molar-refractivity contribution is 0.526. The average Bonchev–Trinajstić information content (AvgIpc) is 1.65. The number of rotatable bonds is 3. The maximum atomic E-state index is 12.0. The van der Waals surface area contributed by atoms with Crippen molar-refractivity contribution in [3.05, 3.63) is 0 Å². The molecule has 0 saturated carbocycles. The van der Waals surface area contributed by atoms with Crippen LogP contribution in [0.4, 0.5) is 3.89 Å². The van der Waals surface area contributed by atoms with Gasteiger partial charge in [-0.3, -0.25) is 0 Å². The van der Waals surface area contributed by atoms with Crippen molar-refractivity contribution in [3.8, 4) is 0 Å². The molecule has 0 saturated heterocycles. The molecule has 0 heterocycles. The molecule has 4 heteroatoms. The second-order valence-electron chi connectivity index (χ2n) is 1.91. The molecule has 0 aromatic carbocycles. The van der Waals surface area contributed by atoms with Crippen molar-refractivity contribution in [2.24, 2.45) is 0 Å². The van der Waals surface area contributed by atoms with Crippen molar-refractivity contribution < 1.29 is 12.3 Å². The van der Waals surface area contributed by atoms with Gasteiger partial charge in [0.25, 0.3) is 0 Å². The van der Waals surface area contributed by atoms with Crippen LogP contribution in [0, 0.1) is 0 Å². The van der Waals surface area contributed by atoms with Crippen LogP contribution in [0.1, 0.15) is 26.7 Å². The van der Waals surface area contributed by atoms with Crippen LogP contribution in [0.5, 0.6) is 0 Å². The molecule has 2 nitrogen and oxygen atoms in total. The van der Waals surface area contributed by atoms with Crippen LogP contribution in [-0.2, 0) is 10.2 Å². The minimum atomic E-state index is -4.27. The van der Waals surface area contributed by atoms with Gasteiger partial charge in [-0.05, 0) is 12.8 Å². The van der Waals surface area contributed by atoms with Crippen molar-refractivity contribution in [2.75, 3.05) is 0 Å². The topological polar surface area (TPSA) is 34.1 Å². The molecule has 0 unspecified atom stereocenters. The van der Waals surface area contributed by atoms with Gasteiger partial charge in [0.05, 0.1) is 5.25 Å². The molecule has 0 aromatic heterocycles. The summed E-state index contributed by atoms with van der Waals surface area (Å²) in [6, 6.07) is 0. The van der Waals surface area contributed by atoms with Crippen LogP contribution in [0.25, 0.3) is 0 Å². The molecule has 0 fully saturated rings. The Hall–Kier alpha value is -0.120. The van der Waals surface area contributed by atoms with E-state index in [9.17, 15) is 12.3 Å². The Kier molecular flexibility index (Phi) is 3.11. The minimum absolute atomic E-state index is 0.356. The Morgan fingerprint density at radius 3 is 1.67 bits per heavy atom. The summed E-state index contributed by atoms with van der Waals surface area (Å²) in [6.45, 7) is 3.32. The predicted molar refractivity (Wildman–Crippen MR) is 34.4 cm³/mol. The fourth-order valence-electron chi connectivity index (χ4n) is 0.687. The first-order valence-corrected chi connectivity index (χ1v) is 4.40. The van der Waals surface area contributed by atoms with E-state index in [-0.39, 0.29) is 0 Å². The van der Waals surface area contributed by atoms with E-state index in [1.165, 1.54) is 0 Å². The first kappa shape index (κ1) is 8.88. The van der Waals surface area contributed by atoms with Crippen LogP contribution >= 0.6 is 0 Å². The Bertz CT molecular complexity index is 158. The van der Waals surface area contributed by atoms with Gasteiger partial charge in [-0.1, -0.05) is 13.8 Å². The van der Waals surface area contributed by atoms with Crippen molar-refractivity contribution in [1.82, 2.24) is 0 Å². The van der Waals surface area contributed by atoms with E-state index in [4.69, 9.17) is 0 Å². The lowest BCUT2D eigenvalue weighted by atomic mass is 10.3. The summed E-state index contributed by atoms with van der Waals surface area (Å²) in [5.41, 5.74) is 0. The van der Waals surface area contributed by atoms with E-state index < -0.39 is 15.5 Å². The van der Waals surface area contributed by atoms with Crippen LogP contribution < -0.4 is 0 Å². The third-order valence-electron chi connectivity index (χ3n) is 1.31. The van der Waals surface area contributed by atoms with E-state index in [1.54, 1.807) is 13.8 Å². The molecular weight excluding hydrogens is 143 g/mol. The van der Waals surface area contributed by atoms with E-state index >= 15 is 0 Å². The highest BCUT2D eigenvalue weighted by atomic mass is 32.3. The molecule has 0 bridgehead atoms. The lowest BCUT2D eigenvalue weighted by Crippen LogP contribution is -2.13. The zero-order chi connectivity index (χ0) is 7.49. The Morgan fingerprint density at radius 1 is 1.33 bits per heavy atom. The first-order valence-electron chi connectivity index (χ1n) is 2.95. The molecular formula is C5H11FO2S. The molecule has 0 aliphatic heterocycles. The summed E-state index contributed by atoms with van der Waals surface area (Å²) in [5.74, 6) is 0. The molecule has 0 spiro atoms. The molecule has 0 aromatic rings. The number of hydrogen-bond donors (Lipinski definition) is 0. The molecule has 0 radical (unpaired) electrons. The maximum absolute atomic E-state index is 12.0. The van der Waals surface area contributed by atoms with Gasteiger partial charge in [-0.15, -0.1) is 3.89 Å². The zero-order valence-corrected chi connectivity index (χ0v) is 6.41. The molecule has 0 aliphatic rings. The summed E-state index contributed by atoms with van der Waals surface area (Å²) < 4.78 is 32.3. The Balaban J connectivity index is 4.14. The highest BCUT2D eigenvalue weighted by molar-refractivity contribution is 7.87. The lowest BCUT2D eigenvalue weighted by Gasteiger charge is -2.03. The Labute approximate surface area is 55.3 Å². The standard InChI is InChI=1S/C5H11FO2S/c1-3-5(4-2)9(6,7)8/h5H,3-4H2,1-2H3. The molecule has 0 atom stereocenters. The molecule has 0 aliphatic carbocycles. The van der Waals surface area contributed by atoms with Gasteiger partial charge in [-0.25, -0.2) is 0 Å². The van der Waals surface area contributed by atoms with Crippen molar-refractivity contribution in [2.45, 2.75) is 31.9 Å². The summed E-state index contributed by atoms with van der Waals surface area (Å²) in [5, 5.41) is -0.794. The monoisotopic (exact) mass is 154 g/mol. The van der Waals surface area contributed by atoms with Gasteiger partial charge in [0, 0.05) is 0 Å². The van der Waals surface area contributed by atoms with Gasteiger partial charge in [0.15, 0.2) is 0 Å². The second-order valence-corrected chi connectivity index (χ2v) is 3.53. The fourth-order valence-corrected chi connectivity index (χ4v) is 1.48. The average molecular weight is 154 g/mol. The minimum Gasteiger partial charge on any atom is -0.195 e. The summed E-state index contributed by atoms with van der Waals surface area (Å²) in [4.78, 5) is 0. The van der Waals surface area contributed by atoms with Crippen molar-refractivity contribution >= 4 is 10.2 Å². The zero-order valence-electron chi connectivity index (χ0n) is 5.59. The quantitative estimate of drug-likeness (QED) is 0.577. The van der Waals surface area contributed by atoms with Crippen LogP contribution in [0.3, 0.4) is 0 Å². The van der Waals surface area contributed by atoms with Crippen LogP contribution in [-0.4, -0.2) is 13.7 Å². The van der Waals surface area contributed by atoms with E-state index in [0.717, 1.165) is 0 Å². The van der Waals surface area contributed by atoms with E-state index in [2.05, 4.69) is 0 Å². The predicted octanol–water partition coefficient (Wildman–Crippen LogP) is 1.47. The molecule has 0 rings (SSSR count). The van der Waals surface area contributed by atoms with Crippen molar-refractivity contribution in [3.63, 3.8) is 0 Å². The second kappa shape index (κ2) is 3.15. The summed E-state index contributed by atoms with van der Waals surface area (Å²) in [6.07, 6.45) is 0.713. The highest BCUT2D eigenvalue weighted by Crippen LogP contribution is 2.10. The third-order valence-corrected chi connectivity index (χ3v) is 2.77. The summed E-state index contributed by atoms with van der Waals surface area (Å²) >= 11 is 0. The smallest absolute Gasteiger partial charge is 0.195 e. The highest BCUT2D eigenvalue weighted by Gasteiger charge is 2.19. The van der Waals surface area contributed by atoms with E-state index in [1.807, 2.05) is 0 Å². The van der Waals surface area contributed by atoms with Crippen LogP contribution in [0.15, 0.2) is 0 Å². The summed E-state index contributed by atoms with van der Waals surface area (Å²) in [7, 11) is -4.27. The third kappa shape index (κ3) is 2.79. The molecule has 56 valence electrons. The van der Waals surface area contributed by atoms with Gasteiger partial charge in [-0.2, -0.15) is 8.42 Å². The van der Waals surface area contributed by atoms with Gasteiger partial charge in [0.1, 0.15) is 0 Å². The number of halogens is 1. The first-order chi connectivity index (χ1) is 4.02. The van der Waals surface area contributed by atoms with Gasteiger partial charge < -0.3 is 0 Å². The number of hydrogen-bond acceptors (Lipinski definition) is 2. The van der Waals surface area contributed by atoms with Gasteiger partial charge in [0.2, 0.25) is 0 Å². The Morgan fingerprint density at radius 2 is 1.67 bits per heavy atom. The fraction of sp³-hybridized carbons (Fsp3) is 1.00. The maximum Gasteiger partial charge on any atom is 0.305 e.